The Bertz CT molecular complexity index is 470. The fraction of sp³-hybridized carbons (Fsp3) is 0.875. The predicted molar refractivity (Wildman–Crippen MR) is 117 cm³/mol. The third-order valence-electron chi connectivity index (χ3n) is 6.17. The van der Waals surface area contributed by atoms with Crippen molar-refractivity contribution in [2.45, 2.75) is 116 Å². The molecule has 1 fully saturated rings. The quantitative estimate of drug-likeness (QED) is 0.310. The molecule has 0 radical (unpaired) electrons. The lowest BCUT2D eigenvalue weighted by atomic mass is 9.90. The van der Waals surface area contributed by atoms with Crippen molar-refractivity contribution in [2.75, 3.05) is 13.1 Å². The normalized spacial score (nSPS) is 14.9. The van der Waals surface area contributed by atoms with Gasteiger partial charge in [0.25, 0.3) is 0 Å². The van der Waals surface area contributed by atoms with Gasteiger partial charge in [-0.25, -0.2) is 0 Å². The van der Waals surface area contributed by atoms with Crippen LogP contribution in [0.1, 0.15) is 116 Å². The number of nitrogens with zero attached hydrogens (tertiary/aromatic N) is 1. The molecule has 0 aromatic carbocycles. The molecule has 1 aliphatic heterocycles. The van der Waals surface area contributed by atoms with Gasteiger partial charge < -0.3 is 10.0 Å². The number of Topliss-reactive ketones (excluding diaryl/α,β-unsaturated/α-hetero) is 1. The number of carbonyl (C=O) groups is 3. The highest BCUT2D eigenvalue weighted by atomic mass is 16.4. The number of carbonyl (C=O) groups excluding carboxylic acids is 2. The molecular formula is C24H43NO4. The zero-order valence-corrected chi connectivity index (χ0v) is 18.6. The summed E-state index contributed by atoms with van der Waals surface area (Å²) in [7, 11) is 0. The highest BCUT2D eigenvalue weighted by molar-refractivity contribution is 5.78. The summed E-state index contributed by atoms with van der Waals surface area (Å²) in [6.07, 6.45) is 17.8. The van der Waals surface area contributed by atoms with Gasteiger partial charge in [0.1, 0.15) is 5.78 Å². The first kappa shape index (κ1) is 25.6. The molecule has 0 bridgehead atoms. The fourth-order valence-corrected chi connectivity index (χ4v) is 4.24. The fourth-order valence-electron chi connectivity index (χ4n) is 4.24. The first-order valence-corrected chi connectivity index (χ1v) is 12.0. The van der Waals surface area contributed by atoms with Crippen molar-refractivity contribution in [3.8, 4) is 0 Å². The second-order valence-electron chi connectivity index (χ2n) is 8.83. The van der Waals surface area contributed by atoms with E-state index in [-0.39, 0.29) is 5.91 Å². The van der Waals surface area contributed by atoms with Gasteiger partial charge in [0, 0.05) is 39.3 Å². The van der Waals surface area contributed by atoms with Crippen molar-refractivity contribution >= 4 is 17.7 Å². The monoisotopic (exact) mass is 409 g/mol. The van der Waals surface area contributed by atoms with Crippen LogP contribution < -0.4 is 0 Å². The van der Waals surface area contributed by atoms with Gasteiger partial charge in [-0.05, 0) is 31.6 Å². The molecule has 1 heterocycles. The molecule has 1 rings (SSSR count). The van der Waals surface area contributed by atoms with E-state index in [4.69, 9.17) is 5.11 Å². The molecule has 1 amide bonds. The lowest BCUT2D eigenvalue weighted by molar-refractivity contribution is -0.137. The van der Waals surface area contributed by atoms with E-state index in [9.17, 15) is 14.4 Å². The third kappa shape index (κ3) is 14.3. The van der Waals surface area contributed by atoms with Crippen LogP contribution in [0.15, 0.2) is 0 Å². The van der Waals surface area contributed by atoms with Crippen LogP contribution in [-0.2, 0) is 14.4 Å². The molecule has 168 valence electrons. The van der Waals surface area contributed by atoms with Crippen LogP contribution in [-0.4, -0.2) is 40.8 Å². The van der Waals surface area contributed by atoms with Crippen molar-refractivity contribution < 1.29 is 19.5 Å². The number of rotatable bonds is 17. The first-order chi connectivity index (χ1) is 14.0. The number of hydrogen-bond donors (Lipinski definition) is 1. The number of likely N-dealkylation sites (tertiary alicyclic amines) is 1. The Hall–Kier alpha value is -1.39. The Balaban J connectivity index is 1.82. The Morgan fingerprint density at radius 3 is 1.55 bits per heavy atom. The molecule has 0 aromatic heterocycles. The average molecular weight is 410 g/mol. The number of hydrogen-bond acceptors (Lipinski definition) is 3. The number of aliphatic carboxylic acids is 1. The number of carboxylic acid groups (broad SMARTS) is 1. The topological polar surface area (TPSA) is 74.7 Å². The third-order valence-corrected chi connectivity index (χ3v) is 6.17. The summed E-state index contributed by atoms with van der Waals surface area (Å²) in [5.74, 6) is 0.369. The van der Waals surface area contributed by atoms with Crippen molar-refractivity contribution in [1.82, 2.24) is 4.90 Å². The number of piperidine rings is 1. The van der Waals surface area contributed by atoms with E-state index in [1.807, 2.05) is 4.90 Å². The maximum Gasteiger partial charge on any atom is 0.303 e. The highest BCUT2D eigenvalue weighted by Gasteiger charge is 2.22. The largest absolute Gasteiger partial charge is 0.481 e. The minimum absolute atomic E-state index is 0.155. The second-order valence-corrected chi connectivity index (χ2v) is 8.83. The second kappa shape index (κ2) is 16.4. The summed E-state index contributed by atoms with van der Waals surface area (Å²) < 4.78 is 0. The zero-order valence-electron chi connectivity index (χ0n) is 18.6. The van der Waals surface area contributed by atoms with Crippen LogP contribution in [0.3, 0.4) is 0 Å². The lowest BCUT2D eigenvalue weighted by Crippen LogP contribution is -2.37. The first-order valence-electron chi connectivity index (χ1n) is 12.0. The van der Waals surface area contributed by atoms with Crippen LogP contribution in [0.2, 0.25) is 0 Å². The Labute approximate surface area is 177 Å². The molecule has 1 saturated heterocycles. The Kier molecular flexibility index (Phi) is 14.5. The van der Waals surface area contributed by atoms with Crippen LogP contribution in [0.4, 0.5) is 0 Å². The van der Waals surface area contributed by atoms with E-state index < -0.39 is 5.97 Å². The van der Waals surface area contributed by atoms with E-state index >= 15 is 0 Å². The predicted octanol–water partition coefficient (Wildman–Crippen LogP) is 5.75. The van der Waals surface area contributed by atoms with Gasteiger partial charge in [-0.3, -0.25) is 14.4 Å². The Morgan fingerprint density at radius 1 is 0.724 bits per heavy atom. The van der Waals surface area contributed by atoms with E-state index in [0.717, 1.165) is 64.5 Å². The van der Waals surface area contributed by atoms with Gasteiger partial charge in [0.05, 0.1) is 0 Å². The minimum atomic E-state index is -0.680. The maximum atomic E-state index is 12.2. The molecule has 1 aliphatic rings. The van der Waals surface area contributed by atoms with E-state index in [1.54, 1.807) is 6.92 Å². The molecule has 1 N–H and O–H groups in total. The van der Waals surface area contributed by atoms with Gasteiger partial charge in [0.15, 0.2) is 0 Å². The van der Waals surface area contributed by atoms with E-state index in [2.05, 4.69) is 0 Å². The number of unbranched alkanes of at least 4 members (excludes halogenated alkanes) is 11. The summed E-state index contributed by atoms with van der Waals surface area (Å²) >= 11 is 0. The SMILES string of the molecule is CC(=O)N1CCC(CC(=O)CCCCCCCCCCCCCCC(=O)O)CC1. The van der Waals surface area contributed by atoms with Gasteiger partial charge in [-0.1, -0.05) is 64.2 Å². The van der Waals surface area contributed by atoms with Gasteiger partial charge in [-0.2, -0.15) is 0 Å². The summed E-state index contributed by atoms with van der Waals surface area (Å²) in [5.41, 5.74) is 0. The highest BCUT2D eigenvalue weighted by Crippen LogP contribution is 2.22. The van der Waals surface area contributed by atoms with Crippen LogP contribution in [0.5, 0.6) is 0 Å². The molecule has 0 aliphatic carbocycles. The Morgan fingerprint density at radius 2 is 1.14 bits per heavy atom. The molecule has 0 saturated carbocycles. The van der Waals surface area contributed by atoms with Gasteiger partial charge in [0.2, 0.25) is 5.91 Å². The molecule has 0 atom stereocenters. The minimum Gasteiger partial charge on any atom is -0.481 e. The van der Waals surface area contributed by atoms with E-state index in [1.165, 1.54) is 44.9 Å². The van der Waals surface area contributed by atoms with Crippen molar-refractivity contribution in [2.24, 2.45) is 5.92 Å². The number of ketones is 1. The summed E-state index contributed by atoms with van der Waals surface area (Å²) in [6.45, 7) is 3.26. The molecule has 0 unspecified atom stereocenters. The van der Waals surface area contributed by atoms with Gasteiger partial charge in [-0.15, -0.1) is 0 Å². The van der Waals surface area contributed by atoms with Gasteiger partial charge >= 0.3 is 5.97 Å². The van der Waals surface area contributed by atoms with Crippen molar-refractivity contribution in [3.05, 3.63) is 0 Å². The standard InChI is InChI=1S/C24H43NO4/c1-21(26)25-18-16-22(17-19-25)20-23(27)14-12-10-8-6-4-2-3-5-7-9-11-13-15-24(28)29/h22H,2-20H2,1H3,(H,28,29). The zero-order chi connectivity index (χ0) is 21.3. The van der Waals surface area contributed by atoms with E-state index in [0.29, 0.717) is 24.5 Å². The molecule has 5 nitrogen and oxygen atoms in total. The smallest absolute Gasteiger partial charge is 0.303 e. The average Bonchev–Trinajstić information content (AvgIpc) is 2.68. The van der Waals surface area contributed by atoms with Crippen LogP contribution in [0.25, 0.3) is 0 Å². The molecule has 5 heteroatoms. The summed E-state index contributed by atoms with van der Waals surface area (Å²) in [5, 5.41) is 8.58. The van der Waals surface area contributed by atoms with Crippen LogP contribution in [0, 0.1) is 5.92 Å². The molecule has 29 heavy (non-hydrogen) atoms. The van der Waals surface area contributed by atoms with Crippen LogP contribution >= 0.6 is 0 Å². The maximum absolute atomic E-state index is 12.2. The molecule has 0 spiro atoms. The summed E-state index contributed by atoms with van der Waals surface area (Å²) in [6, 6.07) is 0. The molecule has 0 aromatic rings. The number of amides is 1. The van der Waals surface area contributed by atoms with Crippen molar-refractivity contribution in [3.63, 3.8) is 0 Å². The summed E-state index contributed by atoms with van der Waals surface area (Å²) in [4.78, 5) is 35.8. The molecular weight excluding hydrogens is 366 g/mol. The van der Waals surface area contributed by atoms with Crippen molar-refractivity contribution in [1.29, 1.82) is 0 Å². The lowest BCUT2D eigenvalue weighted by Gasteiger charge is -2.30. The number of carboxylic acids is 1.